The standard InChI is InChI=1S/C24H20ClNO6/c1-30-16-9-10-18(19(12-16)31-2)21-20(22(27)14-5-7-15(25)8-6-14)23(28)24(29)26(21)13-17-4-3-11-32-17/h3-12,21,27H,13H2,1-2H3/t21-/m1/s1. The molecule has 0 unspecified atom stereocenters. The molecular weight excluding hydrogens is 434 g/mol. The van der Waals surface area contributed by atoms with Gasteiger partial charge in [0.05, 0.1) is 38.6 Å². The second kappa shape index (κ2) is 8.80. The van der Waals surface area contributed by atoms with Gasteiger partial charge in [0.1, 0.15) is 23.0 Å². The summed E-state index contributed by atoms with van der Waals surface area (Å²) in [6.07, 6.45) is 1.49. The van der Waals surface area contributed by atoms with Crippen LogP contribution < -0.4 is 9.47 Å². The summed E-state index contributed by atoms with van der Waals surface area (Å²) in [7, 11) is 3.01. The Morgan fingerprint density at radius 3 is 2.47 bits per heavy atom. The Labute approximate surface area is 189 Å². The van der Waals surface area contributed by atoms with E-state index in [1.807, 2.05) is 0 Å². The maximum Gasteiger partial charge on any atom is 0.296 e. The van der Waals surface area contributed by atoms with Crippen molar-refractivity contribution >= 4 is 29.1 Å². The topological polar surface area (TPSA) is 89.2 Å². The molecule has 0 saturated carbocycles. The molecule has 7 nitrogen and oxygen atoms in total. The van der Waals surface area contributed by atoms with E-state index in [9.17, 15) is 14.7 Å². The van der Waals surface area contributed by atoms with Crippen LogP contribution in [0, 0.1) is 0 Å². The number of amides is 1. The number of rotatable bonds is 6. The predicted molar refractivity (Wildman–Crippen MR) is 118 cm³/mol. The number of carbonyl (C=O) groups excluding carboxylic acids is 2. The molecule has 2 aromatic carbocycles. The van der Waals surface area contributed by atoms with Crippen molar-refractivity contribution in [3.05, 3.63) is 88.3 Å². The molecule has 164 valence electrons. The van der Waals surface area contributed by atoms with E-state index in [0.29, 0.717) is 33.4 Å². The van der Waals surface area contributed by atoms with Crippen LogP contribution in [0.5, 0.6) is 11.5 Å². The number of hydrogen-bond donors (Lipinski definition) is 1. The molecule has 0 radical (unpaired) electrons. The number of methoxy groups -OCH3 is 2. The number of ether oxygens (including phenoxy) is 2. The van der Waals surface area contributed by atoms with Crippen molar-refractivity contribution in [3.63, 3.8) is 0 Å². The Bertz CT molecular complexity index is 1180. The number of nitrogens with zero attached hydrogens (tertiary/aromatic N) is 1. The van der Waals surface area contributed by atoms with Gasteiger partial charge in [0.25, 0.3) is 11.7 Å². The lowest BCUT2D eigenvalue weighted by molar-refractivity contribution is -0.140. The average Bonchev–Trinajstić information content (AvgIpc) is 3.41. The van der Waals surface area contributed by atoms with Crippen LogP contribution in [0.4, 0.5) is 0 Å². The fourth-order valence-corrected chi connectivity index (χ4v) is 3.87. The molecule has 0 spiro atoms. The Balaban J connectivity index is 1.91. The molecule has 1 fully saturated rings. The number of carbonyl (C=O) groups is 2. The van der Waals surface area contributed by atoms with Gasteiger partial charge in [0.2, 0.25) is 0 Å². The van der Waals surface area contributed by atoms with Crippen molar-refractivity contribution in [3.8, 4) is 11.5 Å². The van der Waals surface area contributed by atoms with Gasteiger partial charge in [-0.3, -0.25) is 9.59 Å². The van der Waals surface area contributed by atoms with E-state index in [0.717, 1.165) is 0 Å². The second-order valence-electron chi connectivity index (χ2n) is 7.12. The van der Waals surface area contributed by atoms with Gasteiger partial charge in [0, 0.05) is 22.2 Å². The summed E-state index contributed by atoms with van der Waals surface area (Å²) >= 11 is 5.96. The molecule has 4 rings (SSSR count). The molecule has 1 aliphatic heterocycles. The first-order chi connectivity index (χ1) is 15.4. The minimum Gasteiger partial charge on any atom is -0.507 e. The number of ketones is 1. The Morgan fingerprint density at radius 1 is 1.09 bits per heavy atom. The molecular formula is C24H20ClNO6. The van der Waals surface area contributed by atoms with Crippen LogP contribution >= 0.6 is 11.6 Å². The maximum atomic E-state index is 13.1. The van der Waals surface area contributed by atoms with E-state index in [2.05, 4.69) is 0 Å². The van der Waals surface area contributed by atoms with Gasteiger partial charge in [-0.15, -0.1) is 0 Å². The van der Waals surface area contributed by atoms with Crippen LogP contribution in [0.2, 0.25) is 5.02 Å². The number of benzene rings is 2. The van der Waals surface area contributed by atoms with E-state index in [1.54, 1.807) is 54.6 Å². The first-order valence-electron chi connectivity index (χ1n) is 9.73. The van der Waals surface area contributed by atoms with Crippen molar-refractivity contribution in [1.82, 2.24) is 4.90 Å². The van der Waals surface area contributed by atoms with Gasteiger partial charge in [-0.25, -0.2) is 0 Å². The molecule has 2 heterocycles. The zero-order valence-corrected chi connectivity index (χ0v) is 18.1. The van der Waals surface area contributed by atoms with Crippen LogP contribution in [0.15, 0.2) is 70.9 Å². The quantitative estimate of drug-likeness (QED) is 0.334. The molecule has 1 N–H and O–H groups in total. The van der Waals surface area contributed by atoms with Gasteiger partial charge >= 0.3 is 0 Å². The number of hydrogen-bond acceptors (Lipinski definition) is 6. The summed E-state index contributed by atoms with van der Waals surface area (Å²) in [6, 6.07) is 13.9. The molecule has 1 atom stereocenters. The van der Waals surface area contributed by atoms with E-state index >= 15 is 0 Å². The summed E-state index contributed by atoms with van der Waals surface area (Å²) in [4.78, 5) is 27.5. The van der Waals surface area contributed by atoms with Crippen molar-refractivity contribution in [1.29, 1.82) is 0 Å². The SMILES string of the molecule is COc1ccc([C@@H]2C(=C(O)c3ccc(Cl)cc3)C(=O)C(=O)N2Cc2ccco2)c(OC)c1. The first kappa shape index (κ1) is 21.5. The van der Waals surface area contributed by atoms with Gasteiger partial charge in [-0.2, -0.15) is 0 Å². The highest BCUT2D eigenvalue weighted by Crippen LogP contribution is 2.44. The van der Waals surface area contributed by atoms with Crippen LogP contribution in [-0.2, 0) is 16.1 Å². The molecule has 32 heavy (non-hydrogen) atoms. The van der Waals surface area contributed by atoms with Crippen LogP contribution in [0.25, 0.3) is 5.76 Å². The van der Waals surface area contributed by atoms with Crippen molar-refractivity contribution < 1.29 is 28.6 Å². The number of aliphatic hydroxyl groups is 1. The van der Waals surface area contributed by atoms with E-state index < -0.39 is 17.7 Å². The summed E-state index contributed by atoms with van der Waals surface area (Å²) in [5.41, 5.74) is 0.838. The summed E-state index contributed by atoms with van der Waals surface area (Å²) in [5, 5.41) is 11.6. The fourth-order valence-electron chi connectivity index (χ4n) is 3.74. The third-order valence-electron chi connectivity index (χ3n) is 5.30. The van der Waals surface area contributed by atoms with E-state index in [1.165, 1.54) is 25.4 Å². The van der Waals surface area contributed by atoms with Gasteiger partial charge < -0.3 is 23.9 Å². The van der Waals surface area contributed by atoms with Crippen LogP contribution in [0.3, 0.4) is 0 Å². The highest BCUT2D eigenvalue weighted by Gasteiger charge is 2.47. The van der Waals surface area contributed by atoms with Crippen molar-refractivity contribution in [2.75, 3.05) is 14.2 Å². The Kier molecular flexibility index (Phi) is 5.92. The molecule has 1 amide bonds. The van der Waals surface area contributed by atoms with Crippen molar-refractivity contribution in [2.24, 2.45) is 0 Å². The molecule has 0 aliphatic carbocycles. The molecule has 1 aromatic heterocycles. The lowest BCUT2D eigenvalue weighted by Gasteiger charge is -2.26. The van der Waals surface area contributed by atoms with Crippen molar-refractivity contribution in [2.45, 2.75) is 12.6 Å². The van der Waals surface area contributed by atoms with Gasteiger partial charge in [-0.1, -0.05) is 11.6 Å². The highest BCUT2D eigenvalue weighted by atomic mass is 35.5. The second-order valence-corrected chi connectivity index (χ2v) is 7.56. The number of furan rings is 1. The minimum atomic E-state index is -0.906. The van der Waals surface area contributed by atoms with E-state index in [4.69, 9.17) is 25.5 Å². The summed E-state index contributed by atoms with van der Waals surface area (Å²) in [6.45, 7) is 0.0365. The zero-order valence-electron chi connectivity index (χ0n) is 17.4. The lowest BCUT2D eigenvalue weighted by Crippen LogP contribution is -2.29. The average molecular weight is 454 g/mol. The third-order valence-corrected chi connectivity index (χ3v) is 5.55. The molecule has 1 aliphatic rings. The fraction of sp³-hybridized carbons (Fsp3) is 0.167. The smallest absolute Gasteiger partial charge is 0.296 e. The van der Waals surface area contributed by atoms with E-state index in [-0.39, 0.29) is 17.9 Å². The van der Waals surface area contributed by atoms with Gasteiger partial charge in [-0.05, 0) is 48.5 Å². The largest absolute Gasteiger partial charge is 0.507 e. The monoisotopic (exact) mass is 453 g/mol. The summed E-state index contributed by atoms with van der Waals surface area (Å²) in [5.74, 6) is -0.402. The third kappa shape index (κ3) is 3.83. The van der Waals surface area contributed by atoms with Crippen LogP contribution in [-0.4, -0.2) is 35.9 Å². The normalized spacial score (nSPS) is 17.6. The maximum absolute atomic E-state index is 13.1. The zero-order chi connectivity index (χ0) is 22.8. The number of aliphatic hydroxyl groups excluding tert-OH is 1. The minimum absolute atomic E-state index is 0.0365. The lowest BCUT2D eigenvalue weighted by atomic mass is 9.94. The van der Waals surface area contributed by atoms with Crippen LogP contribution in [0.1, 0.15) is 22.9 Å². The Morgan fingerprint density at radius 2 is 1.84 bits per heavy atom. The molecule has 0 bridgehead atoms. The Hall–Kier alpha value is -3.71. The number of halogens is 1. The molecule has 1 saturated heterocycles. The molecule has 8 heteroatoms. The van der Waals surface area contributed by atoms with Gasteiger partial charge in [0.15, 0.2) is 0 Å². The molecule has 3 aromatic rings. The summed E-state index contributed by atoms with van der Waals surface area (Å²) < 4.78 is 16.2. The highest BCUT2D eigenvalue weighted by molar-refractivity contribution is 6.46. The number of likely N-dealkylation sites (tertiary alicyclic amines) is 1. The number of Topliss-reactive ketones (excluding diaryl/α,β-unsaturated/α-hetero) is 1. The first-order valence-corrected chi connectivity index (χ1v) is 10.1. The predicted octanol–water partition coefficient (Wildman–Crippen LogP) is 4.57.